The number of esters is 1. The highest BCUT2D eigenvalue weighted by molar-refractivity contribution is 5.67. The molecule has 2 heteroatoms. The summed E-state index contributed by atoms with van der Waals surface area (Å²) in [6.45, 7) is 7.06. The van der Waals surface area contributed by atoms with Crippen molar-refractivity contribution in [2.24, 2.45) is 5.41 Å². The average molecular weight is 252 g/mol. The maximum absolute atomic E-state index is 11.2. The Morgan fingerprint density at radius 1 is 1.63 bits per heavy atom. The number of allylic oxidation sites excluding steroid dienone is 4. The lowest BCUT2D eigenvalue weighted by Gasteiger charge is -2.25. The highest BCUT2D eigenvalue weighted by Crippen LogP contribution is 2.29. The Kier molecular flexibility index (Phi) is 3.63. The van der Waals surface area contributed by atoms with Crippen LogP contribution in [0.1, 0.15) is 26.7 Å². The lowest BCUT2D eigenvalue weighted by molar-refractivity contribution is -0.146. The molecule has 0 aromatic carbocycles. The number of carbonyl (C=O) groups is 1. The van der Waals surface area contributed by atoms with Gasteiger partial charge in [-0.2, -0.15) is 0 Å². The molecule has 2 nitrogen and oxygen atoms in total. The van der Waals surface area contributed by atoms with E-state index < -0.39 is 11.5 Å². The van der Waals surface area contributed by atoms with E-state index in [2.05, 4.69) is 36.3 Å². The summed E-state index contributed by atoms with van der Waals surface area (Å²) < 4.78 is 5.28. The first-order chi connectivity index (χ1) is 9.05. The van der Waals surface area contributed by atoms with Gasteiger partial charge in [-0.15, -0.1) is 6.58 Å². The van der Waals surface area contributed by atoms with Crippen molar-refractivity contribution in [2.45, 2.75) is 32.8 Å². The van der Waals surface area contributed by atoms with Crippen molar-refractivity contribution in [2.75, 3.05) is 0 Å². The van der Waals surface area contributed by atoms with E-state index in [-0.39, 0.29) is 5.97 Å². The van der Waals surface area contributed by atoms with Gasteiger partial charge in [0.05, 0.1) is 5.41 Å². The maximum atomic E-state index is 11.2. The van der Waals surface area contributed by atoms with Gasteiger partial charge in [0.2, 0.25) is 0 Å². The van der Waals surface area contributed by atoms with Gasteiger partial charge in [0.15, 0.2) is 6.10 Å². The zero-order chi connectivity index (χ0) is 13.9. The molecule has 0 fully saturated rings. The molecular weight excluding hydrogens is 236 g/mol. The first kappa shape index (κ1) is 13.2. The highest BCUT2D eigenvalue weighted by atomic mass is 16.5. The maximum Gasteiger partial charge on any atom is 0.303 e. The van der Waals surface area contributed by atoms with Crippen molar-refractivity contribution in [1.82, 2.24) is 0 Å². The van der Waals surface area contributed by atoms with Crippen LogP contribution in [0, 0.1) is 29.1 Å². The van der Waals surface area contributed by atoms with Gasteiger partial charge in [-0.1, -0.05) is 35.8 Å². The van der Waals surface area contributed by atoms with Crippen molar-refractivity contribution in [3.63, 3.8) is 0 Å². The van der Waals surface area contributed by atoms with Gasteiger partial charge >= 0.3 is 5.97 Å². The molecule has 96 valence electrons. The molecule has 0 saturated carbocycles. The summed E-state index contributed by atoms with van der Waals surface area (Å²) in [6, 6.07) is 0. The molecule has 0 amide bonds. The van der Waals surface area contributed by atoms with Crippen LogP contribution < -0.4 is 0 Å². The van der Waals surface area contributed by atoms with Crippen LogP contribution in [0.5, 0.6) is 0 Å². The first-order valence-corrected chi connectivity index (χ1v) is 6.30. The lowest BCUT2D eigenvalue weighted by atomic mass is 9.85. The topological polar surface area (TPSA) is 26.3 Å². The number of hydrogen-bond acceptors (Lipinski definition) is 2. The molecule has 0 aromatic rings. The Bertz CT molecular complexity index is 599. The molecule has 0 radical (unpaired) electrons. The predicted molar refractivity (Wildman–Crippen MR) is 74.8 cm³/mol. The van der Waals surface area contributed by atoms with Crippen LogP contribution in [0.3, 0.4) is 0 Å². The van der Waals surface area contributed by atoms with Crippen LogP contribution in [-0.4, -0.2) is 12.1 Å². The largest absolute Gasteiger partial charge is 0.447 e. The molecule has 0 aliphatic heterocycles. The van der Waals surface area contributed by atoms with E-state index in [4.69, 9.17) is 4.74 Å². The number of ether oxygens (including phenoxy) is 1. The van der Waals surface area contributed by atoms with Gasteiger partial charge in [-0.3, -0.25) is 4.79 Å². The molecule has 0 spiro atoms. The van der Waals surface area contributed by atoms with E-state index in [1.165, 1.54) is 6.92 Å². The van der Waals surface area contributed by atoms with Crippen molar-refractivity contribution >= 4 is 5.97 Å². The zero-order valence-electron chi connectivity index (χ0n) is 11.2. The van der Waals surface area contributed by atoms with Crippen LogP contribution in [-0.2, 0) is 9.53 Å². The molecule has 0 saturated heterocycles. The summed E-state index contributed by atoms with van der Waals surface area (Å²) in [7, 11) is 0. The lowest BCUT2D eigenvalue weighted by Crippen LogP contribution is -2.32. The molecule has 19 heavy (non-hydrogen) atoms. The highest BCUT2D eigenvalue weighted by Gasteiger charge is 2.31. The minimum absolute atomic E-state index is 0.361. The number of hydrogen-bond donors (Lipinski definition) is 0. The van der Waals surface area contributed by atoms with Crippen molar-refractivity contribution in [3.05, 3.63) is 36.0 Å². The van der Waals surface area contributed by atoms with Crippen LogP contribution >= 0.6 is 0 Å². The van der Waals surface area contributed by atoms with Crippen LogP contribution in [0.25, 0.3) is 0 Å². The Morgan fingerprint density at radius 2 is 2.42 bits per heavy atom. The molecule has 2 rings (SSSR count). The molecule has 0 N–H and O–H groups in total. The second-order valence-electron chi connectivity index (χ2n) is 4.84. The average Bonchev–Trinajstić information content (AvgIpc) is 2.82. The summed E-state index contributed by atoms with van der Waals surface area (Å²) in [5.41, 5.74) is 1.53. The molecule has 0 unspecified atom stereocenters. The number of rotatable bonds is 2. The molecule has 2 atom stereocenters. The summed E-state index contributed by atoms with van der Waals surface area (Å²) in [6.07, 6.45) is 7.08. The Morgan fingerprint density at radius 3 is 3.11 bits per heavy atom. The Hall–Kier alpha value is -2.19. The predicted octanol–water partition coefficient (Wildman–Crippen LogP) is 2.78. The van der Waals surface area contributed by atoms with Gasteiger partial charge in [0.1, 0.15) is 0 Å². The van der Waals surface area contributed by atoms with E-state index in [9.17, 15) is 4.79 Å². The molecule has 0 heterocycles. The van der Waals surface area contributed by atoms with Crippen molar-refractivity contribution in [1.29, 1.82) is 0 Å². The fourth-order valence-corrected chi connectivity index (χ4v) is 2.02. The minimum atomic E-state index is -0.661. The second kappa shape index (κ2) is 5.21. The minimum Gasteiger partial charge on any atom is -0.447 e. The Labute approximate surface area is 114 Å². The first-order valence-electron chi connectivity index (χ1n) is 6.30. The van der Waals surface area contributed by atoms with E-state index >= 15 is 0 Å². The fourth-order valence-electron chi connectivity index (χ4n) is 2.02. The van der Waals surface area contributed by atoms with Crippen molar-refractivity contribution < 1.29 is 9.53 Å². The van der Waals surface area contributed by atoms with Gasteiger partial charge < -0.3 is 4.74 Å². The molecule has 0 aromatic heterocycles. The summed E-state index contributed by atoms with van der Waals surface area (Å²) in [5, 5.41) is 0. The van der Waals surface area contributed by atoms with E-state index in [0.29, 0.717) is 0 Å². The van der Waals surface area contributed by atoms with Gasteiger partial charge in [0, 0.05) is 12.5 Å². The molecule has 2 aliphatic carbocycles. The Balaban J connectivity index is 2.46. The number of fused-ring (bicyclic) bond motifs is 1. The van der Waals surface area contributed by atoms with Crippen LogP contribution in [0.2, 0.25) is 0 Å². The van der Waals surface area contributed by atoms with Crippen molar-refractivity contribution in [3.8, 4) is 23.7 Å². The summed E-state index contributed by atoms with van der Waals surface area (Å²) >= 11 is 0. The van der Waals surface area contributed by atoms with Gasteiger partial charge in [0.25, 0.3) is 0 Å². The third kappa shape index (κ3) is 2.80. The fraction of sp³-hybridized carbons (Fsp3) is 0.353. The normalized spacial score (nSPS) is 30.5. The number of carbonyl (C=O) groups excluding carboxylic acids is 1. The molecule has 2 aliphatic rings. The second-order valence-corrected chi connectivity index (χ2v) is 4.84. The van der Waals surface area contributed by atoms with Gasteiger partial charge in [-0.05, 0) is 31.4 Å². The monoisotopic (exact) mass is 252 g/mol. The van der Waals surface area contributed by atoms with E-state index in [1.54, 1.807) is 6.08 Å². The van der Waals surface area contributed by atoms with Gasteiger partial charge in [-0.25, -0.2) is 0 Å². The van der Waals surface area contributed by atoms with Crippen LogP contribution in [0.15, 0.2) is 36.0 Å². The standard InChI is InChI=1S/C17H16O2/c1-4-17(3)12-11-15-8-5-7-14(15)9-6-10-16(17)19-13(2)18/h4,8-9,16H,1,5,7H2,2-3H3/b14-9-/t16-,17+/m0/s1. The molecule has 0 bridgehead atoms. The van der Waals surface area contributed by atoms with E-state index in [0.717, 1.165) is 24.0 Å². The van der Waals surface area contributed by atoms with Crippen LogP contribution in [0.4, 0.5) is 0 Å². The summed E-state index contributed by atoms with van der Waals surface area (Å²) in [5.74, 6) is 11.9. The third-order valence-electron chi connectivity index (χ3n) is 3.29. The van der Waals surface area contributed by atoms with E-state index in [1.807, 2.05) is 13.0 Å². The SMILES string of the molecule is C=C[C@]1(C)C#CC2=CCC/C2=C/C#C[C@@H]1OC(C)=O. The summed E-state index contributed by atoms with van der Waals surface area (Å²) in [4.78, 5) is 11.2. The third-order valence-corrected chi connectivity index (χ3v) is 3.29. The zero-order valence-corrected chi connectivity index (χ0v) is 11.2. The smallest absolute Gasteiger partial charge is 0.303 e. The molecular formula is C17H16O2. The quantitative estimate of drug-likeness (QED) is 0.429.